The molecule has 2 heterocycles. The molecule has 0 aliphatic carbocycles. The first-order chi connectivity index (χ1) is 16.2. The molecule has 4 rings (SSSR count). The molecule has 0 aliphatic heterocycles. The van der Waals surface area contributed by atoms with Gasteiger partial charge in [-0.05, 0) is 57.0 Å². The summed E-state index contributed by atoms with van der Waals surface area (Å²) in [7, 11) is 0. The van der Waals surface area contributed by atoms with Crippen molar-refractivity contribution >= 4 is 28.6 Å². The normalized spacial score (nSPS) is 12.4. The average molecular weight is 456 g/mol. The summed E-state index contributed by atoms with van der Waals surface area (Å²) in [4.78, 5) is 35.0. The number of aryl methyl sites for hydroxylation is 1. The maximum atomic E-state index is 13.1. The zero-order chi connectivity index (χ0) is 24.3. The van der Waals surface area contributed by atoms with Crippen LogP contribution in [0.25, 0.3) is 11.0 Å². The highest BCUT2D eigenvalue weighted by atomic mass is 16.2. The molecule has 4 aromatic rings. The number of carbonyl (C=O) groups is 1. The molecule has 2 aromatic heterocycles. The van der Waals surface area contributed by atoms with Gasteiger partial charge in [-0.1, -0.05) is 42.5 Å². The van der Waals surface area contributed by atoms with Crippen LogP contribution in [0.1, 0.15) is 37.9 Å². The van der Waals surface area contributed by atoms with E-state index >= 15 is 0 Å². The van der Waals surface area contributed by atoms with E-state index in [0.717, 1.165) is 22.2 Å². The van der Waals surface area contributed by atoms with Crippen LogP contribution in [-0.2, 0) is 11.3 Å². The number of benzene rings is 2. The van der Waals surface area contributed by atoms with E-state index < -0.39 is 5.41 Å². The first kappa shape index (κ1) is 23.2. The maximum absolute atomic E-state index is 13.1. The van der Waals surface area contributed by atoms with Crippen LogP contribution < -0.4 is 16.2 Å². The number of hydrogen-bond donors (Lipinski definition) is 2. The van der Waals surface area contributed by atoms with Gasteiger partial charge < -0.3 is 10.6 Å². The number of aromatic nitrogens is 3. The van der Waals surface area contributed by atoms with Gasteiger partial charge in [0.05, 0.1) is 11.5 Å². The number of pyridine rings is 1. The molecule has 2 N–H and O–H groups in total. The first-order valence-corrected chi connectivity index (χ1v) is 11.3. The van der Waals surface area contributed by atoms with Crippen LogP contribution in [0, 0.1) is 12.3 Å². The fraction of sp³-hybridized carbons (Fsp3) is 0.259. The smallest absolute Gasteiger partial charge is 0.252 e. The number of nitrogens with zero attached hydrogens (tertiary/aromatic N) is 3. The molecule has 7 heteroatoms. The van der Waals surface area contributed by atoms with Gasteiger partial charge in [0, 0.05) is 29.9 Å². The summed E-state index contributed by atoms with van der Waals surface area (Å²) in [6, 6.07) is 20.8. The Hall–Kier alpha value is -4.00. The lowest BCUT2D eigenvalue weighted by Crippen LogP contribution is -2.38. The van der Waals surface area contributed by atoms with Crippen molar-refractivity contribution in [2.75, 3.05) is 10.6 Å². The van der Waals surface area contributed by atoms with Crippen LogP contribution in [0.2, 0.25) is 0 Å². The van der Waals surface area contributed by atoms with Crippen molar-refractivity contribution in [3.8, 4) is 0 Å². The van der Waals surface area contributed by atoms with Crippen molar-refractivity contribution in [1.82, 2.24) is 14.5 Å². The average Bonchev–Trinajstić information content (AvgIpc) is 2.81. The predicted molar refractivity (Wildman–Crippen MR) is 136 cm³/mol. The van der Waals surface area contributed by atoms with Crippen LogP contribution in [0.3, 0.4) is 0 Å². The molecule has 0 saturated heterocycles. The molecule has 0 spiro atoms. The Kier molecular flexibility index (Phi) is 6.45. The second kappa shape index (κ2) is 9.47. The molecular weight excluding hydrogens is 426 g/mol. The molecule has 1 atom stereocenters. The lowest BCUT2D eigenvalue weighted by molar-refractivity contribution is -0.124. The minimum Gasteiger partial charge on any atom is -0.348 e. The van der Waals surface area contributed by atoms with Crippen LogP contribution in [-0.4, -0.2) is 20.4 Å². The number of fused-ring (bicyclic) bond motifs is 1. The van der Waals surface area contributed by atoms with Gasteiger partial charge in [0.15, 0.2) is 0 Å². The quantitative estimate of drug-likeness (QED) is 0.412. The highest BCUT2D eigenvalue weighted by Gasteiger charge is 2.29. The van der Waals surface area contributed by atoms with Gasteiger partial charge in [-0.25, -0.2) is 4.98 Å². The summed E-state index contributed by atoms with van der Waals surface area (Å²) < 4.78 is 1.55. The summed E-state index contributed by atoms with van der Waals surface area (Å²) in [5.41, 5.74) is 2.30. The molecular formula is C27H29N5O2. The Morgan fingerprint density at radius 1 is 1.06 bits per heavy atom. The maximum Gasteiger partial charge on any atom is 0.252 e. The highest BCUT2D eigenvalue weighted by molar-refractivity contribution is 5.95. The van der Waals surface area contributed by atoms with Gasteiger partial charge in [-0.3, -0.25) is 14.2 Å². The molecule has 0 bridgehead atoms. The third-order valence-corrected chi connectivity index (χ3v) is 5.81. The predicted octanol–water partition coefficient (Wildman–Crippen LogP) is 4.94. The van der Waals surface area contributed by atoms with Crippen LogP contribution in [0.15, 0.2) is 77.7 Å². The second-order valence-electron chi connectivity index (χ2n) is 9.21. The van der Waals surface area contributed by atoms with Crippen LogP contribution in [0.5, 0.6) is 0 Å². The highest BCUT2D eigenvalue weighted by Crippen LogP contribution is 2.24. The van der Waals surface area contributed by atoms with Gasteiger partial charge >= 0.3 is 0 Å². The van der Waals surface area contributed by atoms with Gasteiger partial charge in [0.25, 0.3) is 5.56 Å². The number of amides is 1. The molecule has 34 heavy (non-hydrogen) atoms. The standard InChI is InChI=1S/C27H29N5O2/c1-18-9-8-12-22(15-18)30-25(34)27(3,4)17-32-23(33)14-13-21-16-28-26(31-24(21)32)29-19(2)20-10-6-5-7-11-20/h5-16,19H,17H2,1-4H3,(H,30,34)(H,28,29,31)/t19-/m0/s1. The van der Waals surface area contributed by atoms with Gasteiger partial charge in [0.2, 0.25) is 11.9 Å². The van der Waals surface area contributed by atoms with E-state index in [1.165, 1.54) is 6.07 Å². The van der Waals surface area contributed by atoms with Gasteiger partial charge in [-0.2, -0.15) is 4.98 Å². The summed E-state index contributed by atoms with van der Waals surface area (Å²) in [5, 5.41) is 7.00. The summed E-state index contributed by atoms with van der Waals surface area (Å²) in [6.45, 7) is 7.81. The van der Waals surface area contributed by atoms with E-state index in [0.29, 0.717) is 11.6 Å². The van der Waals surface area contributed by atoms with Crippen molar-refractivity contribution in [2.24, 2.45) is 5.41 Å². The number of nitrogens with one attached hydrogen (secondary N) is 2. The molecule has 174 valence electrons. The van der Waals surface area contributed by atoms with Gasteiger partial charge in [-0.15, -0.1) is 0 Å². The largest absolute Gasteiger partial charge is 0.348 e. The van der Waals surface area contributed by atoms with E-state index in [2.05, 4.69) is 20.6 Å². The van der Waals surface area contributed by atoms with Crippen molar-refractivity contribution < 1.29 is 4.79 Å². The molecule has 1 amide bonds. The monoisotopic (exact) mass is 455 g/mol. The third-order valence-electron chi connectivity index (χ3n) is 5.81. The van der Waals surface area contributed by atoms with Crippen molar-refractivity contribution in [2.45, 2.75) is 40.3 Å². The molecule has 0 fully saturated rings. The molecule has 7 nitrogen and oxygen atoms in total. The Labute approximate surface area is 198 Å². The van der Waals surface area contributed by atoms with E-state index in [9.17, 15) is 9.59 Å². The van der Waals surface area contributed by atoms with Crippen molar-refractivity contribution in [3.63, 3.8) is 0 Å². The summed E-state index contributed by atoms with van der Waals surface area (Å²) in [5.74, 6) is 0.248. The van der Waals surface area contributed by atoms with E-state index in [1.54, 1.807) is 16.8 Å². The molecule has 0 aliphatic rings. The van der Waals surface area contributed by atoms with Crippen molar-refractivity contribution in [3.05, 3.63) is 94.4 Å². The fourth-order valence-electron chi connectivity index (χ4n) is 3.80. The Balaban J connectivity index is 1.62. The van der Waals surface area contributed by atoms with E-state index in [4.69, 9.17) is 0 Å². The number of anilines is 2. The van der Waals surface area contributed by atoms with Crippen LogP contribution in [0.4, 0.5) is 11.6 Å². The zero-order valence-electron chi connectivity index (χ0n) is 19.9. The Morgan fingerprint density at radius 3 is 2.56 bits per heavy atom. The number of carbonyl (C=O) groups excluding carboxylic acids is 1. The molecule has 0 saturated carbocycles. The van der Waals surface area contributed by atoms with E-state index in [1.807, 2.05) is 82.3 Å². The zero-order valence-corrected chi connectivity index (χ0v) is 19.9. The summed E-state index contributed by atoms with van der Waals surface area (Å²) >= 11 is 0. The van der Waals surface area contributed by atoms with Gasteiger partial charge in [0.1, 0.15) is 5.65 Å². The first-order valence-electron chi connectivity index (χ1n) is 11.3. The van der Waals surface area contributed by atoms with Crippen LogP contribution >= 0.6 is 0 Å². The van der Waals surface area contributed by atoms with Crippen molar-refractivity contribution in [1.29, 1.82) is 0 Å². The molecule has 2 aromatic carbocycles. The minimum absolute atomic E-state index is 0.0147. The molecule has 0 radical (unpaired) electrons. The second-order valence-corrected chi connectivity index (χ2v) is 9.21. The lowest BCUT2D eigenvalue weighted by Gasteiger charge is -2.25. The topological polar surface area (TPSA) is 88.9 Å². The SMILES string of the molecule is Cc1cccc(NC(=O)C(C)(C)Cn2c(=O)ccc3cnc(N[C@@H](C)c4ccccc4)nc32)c1. The molecule has 0 unspecified atom stereocenters. The number of hydrogen-bond acceptors (Lipinski definition) is 5. The Bertz CT molecular complexity index is 1380. The Morgan fingerprint density at radius 2 is 1.82 bits per heavy atom. The lowest BCUT2D eigenvalue weighted by atomic mass is 9.91. The summed E-state index contributed by atoms with van der Waals surface area (Å²) in [6.07, 6.45) is 1.69. The fourth-order valence-corrected chi connectivity index (χ4v) is 3.80. The minimum atomic E-state index is -0.863. The van der Waals surface area contributed by atoms with E-state index in [-0.39, 0.29) is 24.1 Å². The third kappa shape index (κ3) is 5.14. The number of rotatable bonds is 7.